The van der Waals surface area contributed by atoms with Gasteiger partial charge in [-0.25, -0.2) is 0 Å². The van der Waals surface area contributed by atoms with Crippen LogP contribution in [0.2, 0.25) is 0 Å². The number of aromatic nitrogens is 1. The summed E-state index contributed by atoms with van der Waals surface area (Å²) in [6, 6.07) is 99.3. The summed E-state index contributed by atoms with van der Waals surface area (Å²) >= 11 is 0. The van der Waals surface area contributed by atoms with Crippen LogP contribution in [0.5, 0.6) is 0 Å². The van der Waals surface area contributed by atoms with Crippen LogP contribution in [0.25, 0.3) is 49.7 Å². The van der Waals surface area contributed by atoms with E-state index >= 15 is 0 Å². The SMILES string of the molecule is c1ccc([Si]2(c3ccccc3)c3ccccc3N(c3ccc4c(c3)-c3ccccc3C43c4ccccc4B4c5cc(-n6c7ccccc7c7ccccc76)ccc5-c5cccc3c54)c3ccccc32)cc1. The highest BCUT2D eigenvalue weighted by Crippen LogP contribution is 2.58. The zero-order chi connectivity index (χ0) is 46.4. The molecule has 1 aromatic heterocycles. The van der Waals surface area contributed by atoms with Crippen LogP contribution in [0.4, 0.5) is 17.1 Å². The van der Waals surface area contributed by atoms with Crippen LogP contribution in [-0.2, 0) is 5.41 Å². The van der Waals surface area contributed by atoms with Gasteiger partial charge in [-0.1, -0.05) is 229 Å². The Morgan fingerprint density at radius 1 is 0.338 bits per heavy atom. The molecule has 1 spiro atoms. The molecule has 71 heavy (non-hydrogen) atoms. The molecule has 0 radical (unpaired) electrons. The molecule has 1 aliphatic carbocycles. The van der Waals surface area contributed by atoms with Crippen LogP contribution < -0.4 is 42.0 Å². The Bertz CT molecular complexity index is 4070. The number of rotatable bonds is 4. The number of para-hydroxylation sites is 4. The van der Waals surface area contributed by atoms with Gasteiger partial charge in [0.15, 0.2) is 8.07 Å². The second kappa shape index (κ2) is 14.4. The van der Waals surface area contributed by atoms with Gasteiger partial charge in [0, 0.05) is 33.5 Å². The molecule has 16 rings (SSSR count). The lowest BCUT2D eigenvalue weighted by molar-refractivity contribution is 0.775. The van der Waals surface area contributed by atoms with Crippen molar-refractivity contribution >= 4 is 90.8 Å². The fourth-order valence-corrected chi connectivity index (χ4v) is 19.3. The van der Waals surface area contributed by atoms with Gasteiger partial charge in [-0.3, -0.25) is 0 Å². The lowest BCUT2D eigenvalue weighted by Gasteiger charge is -2.45. The zero-order valence-electron chi connectivity index (χ0n) is 38.8. The van der Waals surface area contributed by atoms with Crippen LogP contribution in [-0.4, -0.2) is 19.4 Å². The molecule has 1 unspecified atom stereocenters. The van der Waals surface area contributed by atoms with Crippen molar-refractivity contribution in [2.75, 3.05) is 4.90 Å². The summed E-state index contributed by atoms with van der Waals surface area (Å²) in [5, 5.41) is 8.16. The highest BCUT2D eigenvalue weighted by Gasteiger charge is 2.55. The molecule has 2 nitrogen and oxygen atoms in total. The second-order valence-electron chi connectivity index (χ2n) is 19.8. The molecule has 0 saturated carbocycles. The maximum absolute atomic E-state index is 2.76. The first-order valence-electron chi connectivity index (χ1n) is 25.0. The summed E-state index contributed by atoms with van der Waals surface area (Å²) in [5.41, 5.74) is 21.8. The van der Waals surface area contributed by atoms with Gasteiger partial charge in [0.2, 0.25) is 6.71 Å². The Balaban J connectivity index is 0.909. The minimum atomic E-state index is -2.76. The fourth-order valence-electron chi connectivity index (χ4n) is 14.2. The van der Waals surface area contributed by atoms with Gasteiger partial charge in [0.25, 0.3) is 0 Å². The molecule has 0 saturated heterocycles. The van der Waals surface area contributed by atoms with Crippen molar-refractivity contribution < 1.29 is 0 Å². The maximum Gasteiger partial charge on any atom is 0.243 e. The van der Waals surface area contributed by atoms with E-state index in [0.29, 0.717) is 0 Å². The first-order chi connectivity index (χ1) is 35.3. The van der Waals surface area contributed by atoms with Gasteiger partial charge in [-0.2, -0.15) is 0 Å². The van der Waals surface area contributed by atoms with E-state index in [1.165, 1.54) is 126 Å². The molecular weight excluding hydrogens is 872 g/mol. The average molecular weight is 915 g/mol. The standard InChI is InChI=1S/C67H43BN2Si/c1-3-20-46(21-4-1)71(47-22-5-2-6-23-47)64-36-17-15-34-62(64)70(63-35-16-18-37-65(63)71)44-39-41-55-53(42-44)48-24-7-10-28-54(48)67(55)56-29-11-12-31-58(56)68-59-43-45(38-40-49(59)52-27-19-30-57(67)66(52)68)69-60-32-13-8-25-50(60)51-26-9-14-33-61(51)69/h1-43H. The maximum atomic E-state index is 2.56. The van der Waals surface area contributed by atoms with Crippen molar-refractivity contribution in [2.45, 2.75) is 5.41 Å². The van der Waals surface area contributed by atoms with E-state index in [4.69, 9.17) is 0 Å². The Morgan fingerprint density at radius 3 is 1.58 bits per heavy atom. The third-order valence-corrected chi connectivity index (χ3v) is 21.6. The van der Waals surface area contributed by atoms with Crippen molar-refractivity contribution in [3.05, 3.63) is 283 Å². The molecule has 4 heteroatoms. The smallest absolute Gasteiger partial charge is 0.243 e. The second-order valence-corrected chi connectivity index (χ2v) is 23.5. The van der Waals surface area contributed by atoms with Crippen molar-refractivity contribution in [3.63, 3.8) is 0 Å². The number of hydrogen-bond acceptors (Lipinski definition) is 1. The van der Waals surface area contributed by atoms with Crippen LogP contribution in [0.3, 0.4) is 0 Å². The van der Waals surface area contributed by atoms with Gasteiger partial charge in [0.1, 0.15) is 0 Å². The quantitative estimate of drug-likeness (QED) is 0.160. The van der Waals surface area contributed by atoms with Crippen LogP contribution in [0.1, 0.15) is 22.3 Å². The third kappa shape index (κ3) is 4.92. The normalized spacial score (nSPS) is 16.0. The molecule has 4 aliphatic rings. The number of nitrogens with zero attached hydrogens (tertiary/aromatic N) is 2. The van der Waals surface area contributed by atoms with Crippen LogP contribution >= 0.6 is 0 Å². The summed E-state index contributed by atoms with van der Waals surface area (Å²) in [5.74, 6) is 0. The lowest BCUT2D eigenvalue weighted by Crippen LogP contribution is -2.77. The van der Waals surface area contributed by atoms with Gasteiger partial charge < -0.3 is 9.47 Å². The van der Waals surface area contributed by atoms with Crippen molar-refractivity contribution in [2.24, 2.45) is 0 Å². The van der Waals surface area contributed by atoms with E-state index in [-0.39, 0.29) is 6.71 Å². The molecule has 3 aliphatic heterocycles. The summed E-state index contributed by atoms with van der Waals surface area (Å²) in [4.78, 5) is 2.56. The molecular formula is C67H43BN2Si. The topological polar surface area (TPSA) is 8.17 Å². The summed E-state index contributed by atoms with van der Waals surface area (Å²) in [6.07, 6.45) is 0. The largest absolute Gasteiger partial charge is 0.311 e. The van der Waals surface area contributed by atoms with E-state index in [2.05, 4.69) is 270 Å². The van der Waals surface area contributed by atoms with Gasteiger partial charge in [-0.05, 0) is 114 Å². The molecule has 4 heterocycles. The Kier molecular flexibility index (Phi) is 7.96. The molecule has 0 fully saturated rings. The summed E-state index contributed by atoms with van der Waals surface area (Å²) in [6.45, 7) is 0.0987. The molecule has 12 aromatic rings. The number of anilines is 3. The zero-order valence-corrected chi connectivity index (χ0v) is 39.8. The fraction of sp³-hybridized carbons (Fsp3) is 0.0149. The van der Waals surface area contributed by atoms with Gasteiger partial charge in [-0.15, -0.1) is 0 Å². The van der Waals surface area contributed by atoms with Gasteiger partial charge >= 0.3 is 0 Å². The van der Waals surface area contributed by atoms with Crippen molar-refractivity contribution in [1.82, 2.24) is 4.57 Å². The predicted octanol–water partition coefficient (Wildman–Crippen LogP) is 11.1. The molecule has 1 atom stereocenters. The van der Waals surface area contributed by atoms with E-state index < -0.39 is 13.5 Å². The monoisotopic (exact) mass is 914 g/mol. The minimum absolute atomic E-state index is 0.0987. The molecule has 0 bridgehead atoms. The Hall–Kier alpha value is -8.70. The summed E-state index contributed by atoms with van der Waals surface area (Å²) < 4.78 is 2.47. The Labute approximate surface area is 414 Å². The molecule has 328 valence electrons. The van der Waals surface area contributed by atoms with Crippen LogP contribution in [0.15, 0.2) is 261 Å². The van der Waals surface area contributed by atoms with Crippen molar-refractivity contribution in [1.29, 1.82) is 0 Å². The average Bonchev–Trinajstić information content (AvgIpc) is 4.08. The highest BCUT2D eigenvalue weighted by atomic mass is 28.3. The van der Waals surface area contributed by atoms with Crippen molar-refractivity contribution in [3.8, 4) is 27.9 Å². The third-order valence-electron chi connectivity index (χ3n) is 16.7. The van der Waals surface area contributed by atoms with E-state index in [1.54, 1.807) is 0 Å². The number of fused-ring (bicyclic) bond motifs is 17. The van der Waals surface area contributed by atoms with E-state index in [9.17, 15) is 0 Å². The molecule has 0 amide bonds. The van der Waals surface area contributed by atoms with Gasteiger partial charge in [0.05, 0.1) is 16.4 Å². The minimum Gasteiger partial charge on any atom is -0.311 e. The predicted molar refractivity (Wildman–Crippen MR) is 300 cm³/mol. The van der Waals surface area contributed by atoms with E-state index in [1.807, 2.05) is 0 Å². The molecule has 0 N–H and O–H groups in total. The lowest BCUT2D eigenvalue weighted by atomic mass is 9.32. The first kappa shape index (κ1) is 39.2. The highest BCUT2D eigenvalue weighted by molar-refractivity contribution is 7.21. The molecule has 11 aromatic carbocycles. The van der Waals surface area contributed by atoms with Crippen LogP contribution in [0, 0.1) is 0 Å². The number of hydrogen-bond donors (Lipinski definition) is 0. The Morgan fingerprint density at radius 2 is 0.873 bits per heavy atom. The summed E-state index contributed by atoms with van der Waals surface area (Å²) in [7, 11) is -2.76. The van der Waals surface area contributed by atoms with E-state index in [0.717, 1.165) is 0 Å². The number of benzene rings is 11. The first-order valence-corrected chi connectivity index (χ1v) is 27.0.